The van der Waals surface area contributed by atoms with Gasteiger partial charge in [0.25, 0.3) is 11.8 Å². The van der Waals surface area contributed by atoms with Crippen molar-refractivity contribution in [2.24, 2.45) is 16.2 Å². The Morgan fingerprint density at radius 1 is 0.722 bits per heavy atom. The summed E-state index contributed by atoms with van der Waals surface area (Å²) in [6.07, 6.45) is 5.80. The van der Waals surface area contributed by atoms with Crippen molar-refractivity contribution in [2.75, 3.05) is 13.1 Å². The summed E-state index contributed by atoms with van der Waals surface area (Å²) in [5.41, 5.74) is -0.110. The Hall–Kier alpha value is -2.18. The molecule has 0 saturated heterocycles. The molecule has 0 aliphatic rings. The maximum Gasteiger partial charge on any atom is 0.255 e. The van der Waals surface area contributed by atoms with Crippen molar-refractivity contribution >= 4 is 19.7 Å². The van der Waals surface area contributed by atoms with Gasteiger partial charge in [0.05, 0.1) is 11.1 Å². The average Bonchev–Trinajstić information content (AvgIpc) is 2.82. The molecule has 0 aliphatic carbocycles. The number of hydrogen-bond acceptors (Lipinski definition) is 4. The van der Waals surface area contributed by atoms with Gasteiger partial charge in [-0.15, -0.1) is 0 Å². The summed E-state index contributed by atoms with van der Waals surface area (Å²) in [6.45, 7) is 20.5. The largest absolute Gasteiger partial charge is 0.504 e. The van der Waals surface area contributed by atoms with E-state index in [4.69, 9.17) is 0 Å². The molecule has 3 atom stereocenters. The van der Waals surface area contributed by atoms with E-state index in [0.29, 0.717) is 13.1 Å². The highest BCUT2D eigenvalue weighted by Gasteiger charge is 2.32. The smallest absolute Gasteiger partial charge is 0.255 e. The molecule has 1 rings (SSSR count). The number of carbonyl (C=O) groups excluding carboxylic acids is 2. The molecular formula is C29H51BN2O4. The molecule has 0 bridgehead atoms. The number of benzene rings is 1. The lowest BCUT2D eigenvalue weighted by atomic mass is 9.59. The minimum absolute atomic E-state index is 0.0413. The van der Waals surface area contributed by atoms with Crippen LogP contribution in [-0.2, 0) is 0 Å². The van der Waals surface area contributed by atoms with Gasteiger partial charge in [0.1, 0.15) is 7.85 Å². The van der Waals surface area contributed by atoms with Crippen molar-refractivity contribution in [3.63, 3.8) is 0 Å². The third-order valence-corrected chi connectivity index (χ3v) is 8.42. The van der Waals surface area contributed by atoms with Gasteiger partial charge in [-0.25, -0.2) is 0 Å². The number of hydrogen-bond donors (Lipinski definition) is 4. The van der Waals surface area contributed by atoms with Gasteiger partial charge in [-0.1, -0.05) is 80.5 Å². The van der Waals surface area contributed by atoms with Crippen molar-refractivity contribution < 1.29 is 19.8 Å². The number of phenolic OH excluding ortho intramolecular Hbond substituents is 2. The zero-order valence-corrected chi connectivity index (χ0v) is 24.5. The Balaban J connectivity index is 2.96. The van der Waals surface area contributed by atoms with Crippen molar-refractivity contribution in [2.45, 2.75) is 106 Å². The summed E-state index contributed by atoms with van der Waals surface area (Å²) >= 11 is 0. The van der Waals surface area contributed by atoms with Crippen molar-refractivity contribution in [3.8, 4) is 11.5 Å². The molecule has 0 heterocycles. The Morgan fingerprint density at radius 2 is 1.11 bits per heavy atom. The highest BCUT2D eigenvalue weighted by molar-refractivity contribution is 6.14. The molecule has 0 spiro atoms. The van der Waals surface area contributed by atoms with Crippen LogP contribution in [0.25, 0.3) is 0 Å². The van der Waals surface area contributed by atoms with Crippen LogP contribution in [0.4, 0.5) is 0 Å². The fourth-order valence-corrected chi connectivity index (χ4v) is 4.91. The lowest BCUT2D eigenvalue weighted by Crippen LogP contribution is -2.38. The summed E-state index contributed by atoms with van der Waals surface area (Å²) in [5, 5.41) is 27.2. The Labute approximate surface area is 220 Å². The lowest BCUT2D eigenvalue weighted by Gasteiger charge is -2.37. The highest BCUT2D eigenvalue weighted by atomic mass is 16.3. The zero-order chi connectivity index (χ0) is 27.9. The minimum Gasteiger partial charge on any atom is -0.504 e. The first-order valence-electron chi connectivity index (χ1n) is 13.6. The number of carbonyl (C=O) groups is 2. The normalized spacial score (nSPS) is 16.9. The second-order valence-electron chi connectivity index (χ2n) is 12.9. The van der Waals surface area contributed by atoms with Gasteiger partial charge >= 0.3 is 0 Å². The van der Waals surface area contributed by atoms with E-state index in [9.17, 15) is 19.8 Å². The van der Waals surface area contributed by atoms with E-state index in [1.54, 1.807) is 0 Å². The number of amides is 2. The van der Waals surface area contributed by atoms with E-state index in [2.05, 4.69) is 80.8 Å². The van der Waals surface area contributed by atoms with Gasteiger partial charge in [0, 0.05) is 13.1 Å². The predicted octanol–water partition coefficient (Wildman–Crippen LogP) is 5.83. The molecular weight excluding hydrogens is 451 g/mol. The standard InChI is InChI=1S/C29H51BN2O4/c1-10-26(5,6)16-27(7,11-2)18-31-24(35)20-14-15-21(23(34)22(20)33)25(36)32-19-28(8,12-3)17-29(9,30)13-4/h14-15,33-34H,10-13,16-19,30H2,1-9H3,(H,31,35)(H,32,36). The van der Waals surface area contributed by atoms with Crippen LogP contribution in [0.5, 0.6) is 11.5 Å². The molecule has 36 heavy (non-hydrogen) atoms. The first kappa shape index (κ1) is 31.9. The molecule has 1 aromatic carbocycles. The van der Waals surface area contributed by atoms with Gasteiger partial charge in [-0.05, 0) is 54.1 Å². The summed E-state index contributed by atoms with van der Waals surface area (Å²) in [4.78, 5) is 25.7. The van der Waals surface area contributed by atoms with Crippen molar-refractivity contribution in [3.05, 3.63) is 23.3 Å². The number of rotatable bonds is 14. The van der Waals surface area contributed by atoms with Crippen molar-refractivity contribution in [1.29, 1.82) is 0 Å². The fourth-order valence-electron chi connectivity index (χ4n) is 4.91. The Bertz CT molecular complexity index is 842. The summed E-state index contributed by atoms with van der Waals surface area (Å²) in [6, 6.07) is 2.80. The third-order valence-electron chi connectivity index (χ3n) is 8.42. The molecule has 3 unspecified atom stereocenters. The zero-order valence-electron chi connectivity index (χ0n) is 24.5. The van der Waals surface area contributed by atoms with Crippen LogP contribution in [0.2, 0.25) is 5.31 Å². The van der Waals surface area contributed by atoms with Gasteiger partial charge in [0.2, 0.25) is 0 Å². The minimum atomic E-state index is -0.572. The van der Waals surface area contributed by atoms with E-state index in [1.807, 2.05) is 0 Å². The molecule has 1 aromatic rings. The quantitative estimate of drug-likeness (QED) is 0.190. The topological polar surface area (TPSA) is 98.7 Å². The summed E-state index contributed by atoms with van der Waals surface area (Å²) < 4.78 is 0. The van der Waals surface area contributed by atoms with Gasteiger partial charge in [-0.3, -0.25) is 9.59 Å². The number of aromatic hydroxyl groups is 2. The van der Waals surface area contributed by atoms with Crippen LogP contribution in [0.1, 0.15) is 122 Å². The van der Waals surface area contributed by atoms with E-state index >= 15 is 0 Å². The van der Waals surface area contributed by atoms with Crippen LogP contribution in [-0.4, -0.2) is 43.0 Å². The predicted molar refractivity (Wildman–Crippen MR) is 152 cm³/mol. The Kier molecular flexibility index (Phi) is 11.0. The van der Waals surface area contributed by atoms with Crippen LogP contribution in [0.3, 0.4) is 0 Å². The average molecular weight is 503 g/mol. The van der Waals surface area contributed by atoms with E-state index in [-0.39, 0.29) is 32.7 Å². The first-order chi connectivity index (χ1) is 16.5. The van der Waals surface area contributed by atoms with Crippen molar-refractivity contribution in [1.82, 2.24) is 10.6 Å². The maximum absolute atomic E-state index is 12.9. The fraction of sp³-hybridized carbons (Fsp3) is 0.724. The molecule has 0 saturated carbocycles. The maximum atomic E-state index is 12.9. The van der Waals surface area contributed by atoms with E-state index < -0.39 is 23.3 Å². The molecule has 6 nitrogen and oxygen atoms in total. The molecule has 4 N–H and O–H groups in total. The molecule has 0 aromatic heterocycles. The van der Waals surface area contributed by atoms with Crippen LogP contribution < -0.4 is 10.6 Å². The van der Waals surface area contributed by atoms with Gasteiger partial charge < -0.3 is 20.8 Å². The van der Waals surface area contributed by atoms with E-state index in [0.717, 1.165) is 38.5 Å². The van der Waals surface area contributed by atoms with Gasteiger partial charge in [-0.2, -0.15) is 0 Å². The SMILES string of the molecule is BC(C)(CC)CC(C)(CC)CNC(=O)c1ccc(C(=O)NCC(C)(CC)CC(C)(C)CC)c(O)c1O. The highest BCUT2D eigenvalue weighted by Crippen LogP contribution is 2.42. The molecule has 0 fully saturated rings. The molecule has 204 valence electrons. The second-order valence-corrected chi connectivity index (χ2v) is 12.9. The molecule has 0 aliphatic heterocycles. The Morgan fingerprint density at radius 3 is 1.44 bits per heavy atom. The second kappa shape index (κ2) is 12.4. The van der Waals surface area contributed by atoms with Crippen LogP contribution in [0, 0.1) is 16.2 Å². The molecule has 2 amide bonds. The summed E-state index contributed by atoms with van der Waals surface area (Å²) in [5.74, 6) is -2.08. The van der Waals surface area contributed by atoms with Crippen LogP contribution >= 0.6 is 0 Å². The van der Waals surface area contributed by atoms with Crippen LogP contribution in [0.15, 0.2) is 12.1 Å². The molecule has 7 heteroatoms. The lowest BCUT2D eigenvalue weighted by molar-refractivity contribution is 0.0896. The molecule has 0 radical (unpaired) electrons. The van der Waals surface area contributed by atoms with Gasteiger partial charge in [0.15, 0.2) is 11.5 Å². The number of phenols is 2. The first-order valence-corrected chi connectivity index (χ1v) is 13.6. The summed E-state index contributed by atoms with van der Waals surface area (Å²) in [7, 11) is 2.23. The van der Waals surface area contributed by atoms with E-state index in [1.165, 1.54) is 12.1 Å². The monoisotopic (exact) mass is 502 g/mol. The number of nitrogens with one attached hydrogen (secondary N) is 2. The third kappa shape index (κ3) is 8.74.